The zero-order chi connectivity index (χ0) is 23.5. The van der Waals surface area contributed by atoms with Crippen molar-refractivity contribution < 1.29 is 66.5 Å². The molecule has 0 radical (unpaired) electrons. The SMILES string of the molecule is CO/N=C(\C(=O)N[C@H]1C(=O)N(S(=O)(=O)[O-])[C@H]1C(=O)N(C)C)c1csc(NC(=O)CCl)n1.[Na+]. The summed E-state index contributed by atoms with van der Waals surface area (Å²) in [5, 5.41) is 9.51. The molecule has 4 amide bonds. The standard InChI is InChI=1S/C14H17ClN6O8S2.Na/c1-20(2)13(25)10-9(12(24)21(10)31(26,27)28)18-11(23)8(19-29-3)6-5-30-14(16-6)17-7(22)4-15;/h5,9-10H,4H2,1-3H3,(H,18,23)(H,16,17,22)(H,26,27,28);/q;+1/p-1/b19-8-;/t9-,10-;/m1./s1. The summed E-state index contributed by atoms with van der Waals surface area (Å²) in [6.45, 7) is 0. The quantitative estimate of drug-likeness (QED) is 0.0846. The van der Waals surface area contributed by atoms with Crippen LogP contribution in [0.15, 0.2) is 10.5 Å². The molecule has 2 rings (SSSR count). The average molecular weight is 519 g/mol. The predicted octanol–water partition coefficient (Wildman–Crippen LogP) is -5.08. The maximum absolute atomic E-state index is 12.7. The van der Waals surface area contributed by atoms with Crippen LogP contribution >= 0.6 is 22.9 Å². The van der Waals surface area contributed by atoms with Gasteiger partial charge in [0.2, 0.25) is 11.8 Å². The first-order valence-electron chi connectivity index (χ1n) is 8.16. The molecule has 0 spiro atoms. The number of aromatic nitrogens is 1. The van der Waals surface area contributed by atoms with Gasteiger partial charge in [-0.2, -0.15) is 0 Å². The number of carbonyl (C=O) groups excluding carboxylic acids is 4. The van der Waals surface area contributed by atoms with E-state index in [0.29, 0.717) is 0 Å². The van der Waals surface area contributed by atoms with E-state index >= 15 is 0 Å². The molecule has 32 heavy (non-hydrogen) atoms. The van der Waals surface area contributed by atoms with E-state index in [1.807, 2.05) is 0 Å². The molecule has 2 N–H and O–H groups in total. The summed E-state index contributed by atoms with van der Waals surface area (Å²) in [6.07, 6.45) is 0. The molecule has 1 aromatic heterocycles. The summed E-state index contributed by atoms with van der Waals surface area (Å²) in [5.41, 5.74) is -0.484. The number of alkyl halides is 1. The van der Waals surface area contributed by atoms with Crippen LogP contribution in [-0.4, -0.2) is 95.7 Å². The summed E-state index contributed by atoms with van der Waals surface area (Å²) < 4.78 is 33.9. The van der Waals surface area contributed by atoms with E-state index in [-0.39, 0.29) is 50.6 Å². The van der Waals surface area contributed by atoms with Crippen molar-refractivity contribution in [2.45, 2.75) is 12.1 Å². The molecule has 18 heteroatoms. The third kappa shape index (κ3) is 6.15. The summed E-state index contributed by atoms with van der Waals surface area (Å²) in [4.78, 5) is 58.0. The Balaban J connectivity index is 0.00000512. The smallest absolute Gasteiger partial charge is 0.731 e. The van der Waals surface area contributed by atoms with Crippen molar-refractivity contribution in [1.82, 2.24) is 19.5 Å². The van der Waals surface area contributed by atoms with Crippen molar-refractivity contribution in [3.8, 4) is 0 Å². The molecule has 1 aliphatic heterocycles. The Hall–Kier alpha value is -1.82. The molecule has 0 saturated carbocycles. The molecule has 14 nitrogen and oxygen atoms in total. The number of thiazole rings is 1. The second-order valence-corrected chi connectivity index (χ2v) is 8.44. The van der Waals surface area contributed by atoms with Gasteiger partial charge in [-0.3, -0.25) is 19.2 Å². The van der Waals surface area contributed by atoms with Gasteiger partial charge in [-0.1, -0.05) is 5.16 Å². The van der Waals surface area contributed by atoms with E-state index in [9.17, 15) is 32.1 Å². The number of carbonyl (C=O) groups is 4. The van der Waals surface area contributed by atoms with Crippen LogP contribution in [0.2, 0.25) is 0 Å². The molecule has 0 bridgehead atoms. The number of oxime groups is 1. The van der Waals surface area contributed by atoms with Crippen LogP contribution in [0.25, 0.3) is 0 Å². The first-order chi connectivity index (χ1) is 14.4. The van der Waals surface area contributed by atoms with Crippen LogP contribution in [0.3, 0.4) is 0 Å². The Morgan fingerprint density at radius 1 is 1.41 bits per heavy atom. The number of nitrogens with one attached hydrogen (secondary N) is 2. The summed E-state index contributed by atoms with van der Waals surface area (Å²) in [6, 6.07) is -3.39. The Bertz CT molecular complexity index is 1050. The van der Waals surface area contributed by atoms with Crippen molar-refractivity contribution >= 4 is 67.7 Å². The second-order valence-electron chi connectivity index (χ2n) is 6.06. The first kappa shape index (κ1) is 28.2. The van der Waals surface area contributed by atoms with E-state index in [0.717, 1.165) is 23.3 Å². The Morgan fingerprint density at radius 3 is 2.53 bits per heavy atom. The molecule has 1 saturated heterocycles. The zero-order valence-electron chi connectivity index (χ0n) is 17.2. The third-order valence-corrected chi connectivity index (χ3v) is 5.67. The van der Waals surface area contributed by atoms with E-state index < -0.39 is 51.7 Å². The van der Waals surface area contributed by atoms with Gasteiger partial charge in [0.1, 0.15) is 24.7 Å². The predicted molar refractivity (Wildman–Crippen MR) is 106 cm³/mol. The molecule has 0 aliphatic carbocycles. The fourth-order valence-electron chi connectivity index (χ4n) is 2.46. The number of likely N-dealkylation sites (N-methyl/N-ethyl adjacent to an activating group) is 1. The van der Waals surface area contributed by atoms with Crippen molar-refractivity contribution in [2.24, 2.45) is 5.16 Å². The molecular weight excluding hydrogens is 503 g/mol. The monoisotopic (exact) mass is 518 g/mol. The molecule has 170 valence electrons. The summed E-state index contributed by atoms with van der Waals surface area (Å²) >= 11 is 6.34. The van der Waals surface area contributed by atoms with E-state index in [4.69, 9.17) is 11.6 Å². The summed E-state index contributed by atoms with van der Waals surface area (Å²) in [5.74, 6) is -4.08. The number of rotatable bonds is 8. The molecule has 0 unspecified atom stereocenters. The largest absolute Gasteiger partial charge is 1.00 e. The maximum Gasteiger partial charge on any atom is 1.00 e. The Kier molecular flexibility index (Phi) is 10.0. The number of halogens is 1. The van der Waals surface area contributed by atoms with Gasteiger partial charge in [-0.05, 0) is 0 Å². The van der Waals surface area contributed by atoms with E-state index in [1.54, 1.807) is 0 Å². The summed E-state index contributed by atoms with van der Waals surface area (Å²) in [7, 11) is -1.59. The number of anilines is 1. The van der Waals surface area contributed by atoms with Crippen molar-refractivity contribution in [1.29, 1.82) is 0 Å². The molecular formula is C14H16ClN6NaO8S2. The number of nitrogens with zero attached hydrogens (tertiary/aromatic N) is 4. The maximum atomic E-state index is 12.7. The van der Waals surface area contributed by atoms with Crippen molar-refractivity contribution in [3.63, 3.8) is 0 Å². The van der Waals surface area contributed by atoms with Crippen LogP contribution in [0.4, 0.5) is 5.13 Å². The van der Waals surface area contributed by atoms with Gasteiger partial charge in [-0.15, -0.1) is 22.9 Å². The number of hydrogen-bond donors (Lipinski definition) is 2. The normalized spacial score (nSPS) is 18.2. The van der Waals surface area contributed by atoms with Crippen molar-refractivity contribution in [2.75, 3.05) is 32.4 Å². The van der Waals surface area contributed by atoms with Gasteiger partial charge in [-0.25, -0.2) is 17.7 Å². The Morgan fingerprint density at radius 2 is 2.03 bits per heavy atom. The van der Waals surface area contributed by atoms with Gasteiger partial charge in [0.15, 0.2) is 27.2 Å². The number of β-lactam (4-membered cyclic amide) rings is 1. The van der Waals surface area contributed by atoms with Gasteiger partial charge in [0.05, 0.1) is 0 Å². The van der Waals surface area contributed by atoms with Gasteiger partial charge in [0, 0.05) is 19.5 Å². The van der Waals surface area contributed by atoms with Gasteiger partial charge >= 0.3 is 29.6 Å². The Labute approximate surface area is 213 Å². The average Bonchev–Trinajstić information content (AvgIpc) is 3.13. The van der Waals surface area contributed by atoms with E-state index in [2.05, 4.69) is 25.6 Å². The minimum Gasteiger partial charge on any atom is -0.731 e. The van der Waals surface area contributed by atoms with E-state index in [1.165, 1.54) is 19.5 Å². The molecule has 1 aliphatic rings. The molecule has 1 aromatic rings. The van der Waals surface area contributed by atoms with Crippen LogP contribution in [0.5, 0.6) is 0 Å². The van der Waals surface area contributed by atoms with Crippen LogP contribution in [0.1, 0.15) is 5.69 Å². The minimum absolute atomic E-state index is 0. The van der Waals surface area contributed by atoms with Crippen LogP contribution in [0, 0.1) is 0 Å². The fraction of sp³-hybridized carbons (Fsp3) is 0.429. The first-order valence-corrected chi connectivity index (χ1v) is 10.9. The molecule has 2 heterocycles. The molecule has 1 fully saturated rings. The molecule has 2 atom stereocenters. The van der Waals surface area contributed by atoms with Crippen LogP contribution in [-0.2, 0) is 34.3 Å². The fourth-order valence-corrected chi connectivity index (χ4v) is 4.06. The minimum atomic E-state index is -5.29. The van der Waals surface area contributed by atoms with Gasteiger partial charge < -0.3 is 24.9 Å². The third-order valence-electron chi connectivity index (χ3n) is 3.79. The number of hydrogen-bond acceptors (Lipinski definition) is 11. The second kappa shape index (κ2) is 11.4. The topological polar surface area (TPSA) is 190 Å². The van der Waals surface area contributed by atoms with Crippen molar-refractivity contribution in [3.05, 3.63) is 11.1 Å². The van der Waals surface area contributed by atoms with Crippen LogP contribution < -0.4 is 40.2 Å². The van der Waals surface area contributed by atoms with Gasteiger partial charge in [0.25, 0.3) is 11.8 Å². The zero-order valence-corrected chi connectivity index (χ0v) is 21.6. The number of amides is 4. The molecule has 0 aromatic carbocycles.